The molecule has 0 N–H and O–H groups in total. The monoisotopic (exact) mass is 351 g/mol. The van der Waals surface area contributed by atoms with Gasteiger partial charge in [0.1, 0.15) is 12.7 Å². The molecule has 1 aliphatic rings. The van der Waals surface area contributed by atoms with Crippen molar-refractivity contribution in [2.75, 3.05) is 20.2 Å². The molecule has 26 heavy (non-hydrogen) atoms. The van der Waals surface area contributed by atoms with Gasteiger partial charge < -0.3 is 14.4 Å². The van der Waals surface area contributed by atoms with Gasteiger partial charge in [-0.2, -0.15) is 0 Å². The molecular formula is C23H29NO2. The summed E-state index contributed by atoms with van der Waals surface area (Å²) in [6, 6.07) is 18.6. The number of hydrogen-bond donors (Lipinski definition) is 0. The molecule has 2 aromatic carbocycles. The Morgan fingerprint density at radius 1 is 1.08 bits per heavy atom. The van der Waals surface area contributed by atoms with E-state index in [9.17, 15) is 0 Å². The Morgan fingerprint density at radius 2 is 1.77 bits per heavy atom. The van der Waals surface area contributed by atoms with E-state index in [2.05, 4.69) is 48.9 Å². The highest BCUT2D eigenvalue weighted by Crippen LogP contribution is 2.38. The van der Waals surface area contributed by atoms with Crippen LogP contribution in [-0.2, 0) is 6.54 Å². The second-order valence-corrected chi connectivity index (χ2v) is 7.05. The molecule has 0 spiro atoms. The Balaban J connectivity index is 1.55. The van der Waals surface area contributed by atoms with E-state index in [1.165, 1.54) is 18.4 Å². The van der Waals surface area contributed by atoms with Gasteiger partial charge in [0.25, 0.3) is 0 Å². The lowest BCUT2D eigenvalue weighted by Crippen LogP contribution is -2.27. The minimum Gasteiger partial charge on any atom is -0.486 e. The molecule has 0 saturated heterocycles. The molecule has 1 atom stereocenters. The van der Waals surface area contributed by atoms with Crippen molar-refractivity contribution in [3.63, 3.8) is 0 Å². The Morgan fingerprint density at radius 3 is 2.46 bits per heavy atom. The van der Waals surface area contributed by atoms with Crippen LogP contribution >= 0.6 is 0 Å². The molecule has 0 bridgehead atoms. The fourth-order valence-electron chi connectivity index (χ4n) is 3.16. The van der Waals surface area contributed by atoms with E-state index in [-0.39, 0.29) is 6.10 Å². The van der Waals surface area contributed by atoms with E-state index in [1.807, 2.05) is 24.3 Å². The molecule has 3 heteroatoms. The van der Waals surface area contributed by atoms with E-state index in [1.54, 1.807) is 6.08 Å². The van der Waals surface area contributed by atoms with Crippen LogP contribution < -0.4 is 9.47 Å². The lowest BCUT2D eigenvalue weighted by molar-refractivity contribution is 0.143. The van der Waals surface area contributed by atoms with Crippen molar-refractivity contribution in [2.24, 2.45) is 5.92 Å². The lowest BCUT2D eigenvalue weighted by atomic mass is 10.1. The molecule has 0 aromatic heterocycles. The Hall–Kier alpha value is -2.26. The number of ether oxygens (including phenoxy) is 2. The number of benzene rings is 2. The highest BCUT2D eigenvalue weighted by molar-refractivity contribution is 5.39. The number of nitrogens with zero attached hydrogens (tertiary/aromatic N) is 1. The quantitative estimate of drug-likeness (QED) is 0.536. The van der Waals surface area contributed by atoms with Gasteiger partial charge in [0.2, 0.25) is 0 Å². The first-order valence-corrected chi connectivity index (χ1v) is 9.48. The third-order valence-electron chi connectivity index (χ3n) is 4.72. The summed E-state index contributed by atoms with van der Waals surface area (Å²) in [6.45, 7) is 6.20. The van der Waals surface area contributed by atoms with E-state index >= 15 is 0 Å². The molecule has 138 valence electrons. The standard InChI is InChI=1S/C23H29NO2/c1-3-17-25-22-11-7-8-12-23(22)26-21(20-13-14-20)15-16-24(2)18-19-9-5-4-6-10-19/h3-12,20-21H,1,13-18H2,2H3. The van der Waals surface area contributed by atoms with Gasteiger partial charge in [0, 0.05) is 13.1 Å². The minimum absolute atomic E-state index is 0.252. The second kappa shape index (κ2) is 9.44. The predicted octanol–water partition coefficient (Wildman–Crippen LogP) is 4.93. The van der Waals surface area contributed by atoms with Crippen LogP contribution in [0, 0.1) is 5.92 Å². The number of para-hydroxylation sites is 2. The summed E-state index contributed by atoms with van der Waals surface area (Å²) < 4.78 is 12.1. The summed E-state index contributed by atoms with van der Waals surface area (Å²) in [5.41, 5.74) is 1.35. The van der Waals surface area contributed by atoms with Gasteiger partial charge in [0.05, 0.1) is 0 Å². The fraction of sp³-hybridized carbons (Fsp3) is 0.391. The van der Waals surface area contributed by atoms with Gasteiger partial charge >= 0.3 is 0 Å². The molecule has 0 heterocycles. The molecule has 0 amide bonds. The summed E-state index contributed by atoms with van der Waals surface area (Å²) in [5, 5.41) is 0. The van der Waals surface area contributed by atoms with Crippen molar-refractivity contribution in [1.82, 2.24) is 4.90 Å². The first kappa shape index (κ1) is 18.5. The van der Waals surface area contributed by atoms with Gasteiger partial charge in [-0.3, -0.25) is 0 Å². The van der Waals surface area contributed by atoms with E-state index in [0.717, 1.165) is 31.0 Å². The molecule has 1 aliphatic carbocycles. The average molecular weight is 351 g/mol. The molecule has 1 fully saturated rings. The van der Waals surface area contributed by atoms with Crippen LogP contribution in [0.4, 0.5) is 0 Å². The van der Waals surface area contributed by atoms with Crippen molar-refractivity contribution in [3.05, 3.63) is 72.8 Å². The van der Waals surface area contributed by atoms with Crippen molar-refractivity contribution >= 4 is 0 Å². The largest absolute Gasteiger partial charge is 0.486 e. The summed E-state index contributed by atoms with van der Waals surface area (Å²) in [7, 11) is 2.18. The maximum atomic E-state index is 6.38. The van der Waals surface area contributed by atoms with Gasteiger partial charge in [-0.05, 0) is 49.9 Å². The van der Waals surface area contributed by atoms with E-state index in [0.29, 0.717) is 12.5 Å². The van der Waals surface area contributed by atoms with Gasteiger partial charge in [-0.1, -0.05) is 55.1 Å². The van der Waals surface area contributed by atoms with E-state index in [4.69, 9.17) is 9.47 Å². The zero-order valence-electron chi connectivity index (χ0n) is 15.6. The maximum Gasteiger partial charge on any atom is 0.161 e. The van der Waals surface area contributed by atoms with Gasteiger partial charge in [0.15, 0.2) is 11.5 Å². The van der Waals surface area contributed by atoms with Crippen molar-refractivity contribution < 1.29 is 9.47 Å². The molecule has 3 nitrogen and oxygen atoms in total. The van der Waals surface area contributed by atoms with Crippen LogP contribution in [-0.4, -0.2) is 31.2 Å². The molecular weight excluding hydrogens is 322 g/mol. The highest BCUT2D eigenvalue weighted by Gasteiger charge is 2.33. The zero-order chi connectivity index (χ0) is 18.2. The van der Waals surface area contributed by atoms with Crippen LogP contribution in [0.15, 0.2) is 67.3 Å². The molecule has 2 aromatic rings. The Kier molecular flexibility index (Phi) is 6.73. The number of rotatable bonds is 11. The molecule has 1 unspecified atom stereocenters. The molecule has 0 aliphatic heterocycles. The third kappa shape index (κ3) is 5.63. The fourth-order valence-corrected chi connectivity index (χ4v) is 3.16. The summed E-state index contributed by atoms with van der Waals surface area (Å²) >= 11 is 0. The first-order valence-electron chi connectivity index (χ1n) is 9.48. The normalized spacial score (nSPS) is 14.8. The maximum absolute atomic E-state index is 6.38. The van der Waals surface area contributed by atoms with Gasteiger partial charge in [-0.25, -0.2) is 0 Å². The average Bonchev–Trinajstić information content (AvgIpc) is 3.50. The van der Waals surface area contributed by atoms with Crippen LogP contribution in [0.1, 0.15) is 24.8 Å². The van der Waals surface area contributed by atoms with Crippen molar-refractivity contribution in [3.8, 4) is 11.5 Å². The molecule has 3 rings (SSSR count). The zero-order valence-corrected chi connectivity index (χ0v) is 15.6. The second-order valence-electron chi connectivity index (χ2n) is 7.05. The van der Waals surface area contributed by atoms with Crippen molar-refractivity contribution in [1.29, 1.82) is 0 Å². The van der Waals surface area contributed by atoms with Crippen LogP contribution in [0.5, 0.6) is 11.5 Å². The Bertz CT molecular complexity index is 682. The smallest absolute Gasteiger partial charge is 0.161 e. The highest BCUT2D eigenvalue weighted by atomic mass is 16.5. The topological polar surface area (TPSA) is 21.7 Å². The summed E-state index contributed by atoms with van der Waals surface area (Å²) in [5.74, 6) is 2.32. The summed E-state index contributed by atoms with van der Waals surface area (Å²) in [6.07, 6.45) is 5.57. The van der Waals surface area contributed by atoms with Crippen LogP contribution in [0.3, 0.4) is 0 Å². The van der Waals surface area contributed by atoms with Gasteiger partial charge in [-0.15, -0.1) is 0 Å². The minimum atomic E-state index is 0.252. The van der Waals surface area contributed by atoms with Crippen molar-refractivity contribution in [2.45, 2.75) is 31.9 Å². The predicted molar refractivity (Wildman–Crippen MR) is 107 cm³/mol. The van der Waals surface area contributed by atoms with E-state index < -0.39 is 0 Å². The number of hydrogen-bond acceptors (Lipinski definition) is 3. The first-order chi connectivity index (χ1) is 12.8. The SMILES string of the molecule is C=CCOc1ccccc1OC(CCN(C)Cc1ccccc1)C1CC1. The summed E-state index contributed by atoms with van der Waals surface area (Å²) in [4.78, 5) is 2.37. The molecule has 0 radical (unpaired) electrons. The third-order valence-corrected chi connectivity index (χ3v) is 4.72. The molecule has 1 saturated carbocycles. The van der Waals surface area contributed by atoms with Crippen LogP contribution in [0.25, 0.3) is 0 Å². The lowest BCUT2D eigenvalue weighted by Gasteiger charge is -2.24. The Labute approximate surface area is 157 Å². The van der Waals surface area contributed by atoms with Crippen LogP contribution in [0.2, 0.25) is 0 Å².